The zero-order chi connectivity index (χ0) is 15.0. The monoisotopic (exact) mass is 287 g/mol. The summed E-state index contributed by atoms with van der Waals surface area (Å²) in [5, 5.41) is 9.12. The number of amides is 1. The molecule has 1 aliphatic carbocycles. The number of carbonyl (C=O) groups excluding carboxylic acids is 1. The first-order valence-electron chi connectivity index (χ1n) is 7.65. The molecule has 1 amide bonds. The number of rotatable bonds is 3. The molecule has 21 heavy (non-hydrogen) atoms. The number of hydrogen-bond donors (Lipinski definition) is 1. The van der Waals surface area contributed by atoms with Gasteiger partial charge >= 0.3 is 5.97 Å². The molecule has 0 spiro atoms. The van der Waals surface area contributed by atoms with E-state index < -0.39 is 11.9 Å². The van der Waals surface area contributed by atoms with E-state index in [9.17, 15) is 9.59 Å². The highest BCUT2D eigenvalue weighted by atomic mass is 16.4. The Bertz CT molecular complexity index is 569. The molecule has 1 heterocycles. The Morgan fingerprint density at radius 2 is 2.05 bits per heavy atom. The average Bonchev–Trinajstić information content (AvgIpc) is 3.27. The maximum atomic E-state index is 12.6. The van der Waals surface area contributed by atoms with Crippen LogP contribution >= 0.6 is 0 Å². The maximum absolute atomic E-state index is 12.6. The number of likely N-dealkylation sites (tertiary alicyclic amines) is 1. The van der Waals surface area contributed by atoms with Gasteiger partial charge in [-0.15, -0.1) is 0 Å². The third-order valence-corrected chi connectivity index (χ3v) is 4.78. The van der Waals surface area contributed by atoms with Gasteiger partial charge in [0.05, 0.1) is 5.92 Å². The number of carbonyl (C=O) groups is 2. The van der Waals surface area contributed by atoms with Crippen molar-refractivity contribution in [2.75, 3.05) is 13.1 Å². The Hall–Kier alpha value is -1.84. The Morgan fingerprint density at radius 3 is 2.76 bits per heavy atom. The number of carboxylic acid groups (broad SMARTS) is 1. The lowest BCUT2D eigenvalue weighted by Gasteiger charge is -2.31. The largest absolute Gasteiger partial charge is 0.481 e. The van der Waals surface area contributed by atoms with Crippen LogP contribution in [0.4, 0.5) is 0 Å². The van der Waals surface area contributed by atoms with Crippen molar-refractivity contribution in [1.29, 1.82) is 0 Å². The molecule has 112 valence electrons. The van der Waals surface area contributed by atoms with Gasteiger partial charge in [0.15, 0.2) is 0 Å². The van der Waals surface area contributed by atoms with Crippen molar-refractivity contribution in [3.05, 3.63) is 35.4 Å². The van der Waals surface area contributed by atoms with Crippen molar-refractivity contribution < 1.29 is 14.7 Å². The van der Waals surface area contributed by atoms with E-state index in [4.69, 9.17) is 5.11 Å². The van der Waals surface area contributed by atoms with Crippen LogP contribution in [0.15, 0.2) is 24.3 Å². The fraction of sp³-hybridized carbons (Fsp3) is 0.529. The van der Waals surface area contributed by atoms with E-state index in [1.54, 1.807) is 4.90 Å². The number of aliphatic carboxylic acids is 1. The highest BCUT2D eigenvalue weighted by Crippen LogP contribution is 2.49. The van der Waals surface area contributed by atoms with Gasteiger partial charge in [0.2, 0.25) is 5.91 Å². The predicted octanol–water partition coefficient (Wildman–Crippen LogP) is 2.42. The molecule has 2 fully saturated rings. The van der Waals surface area contributed by atoms with Crippen molar-refractivity contribution in [2.45, 2.75) is 32.1 Å². The molecule has 0 radical (unpaired) electrons. The SMILES string of the molecule is Cc1ccccc1[C@@H]1C[C@@H]1C(=O)N1CCC[C@@H](C(=O)O)C1. The first-order chi connectivity index (χ1) is 10.1. The fourth-order valence-corrected chi connectivity index (χ4v) is 3.43. The summed E-state index contributed by atoms with van der Waals surface area (Å²) in [5.41, 5.74) is 2.50. The van der Waals surface area contributed by atoms with Crippen molar-refractivity contribution in [1.82, 2.24) is 4.90 Å². The highest BCUT2D eigenvalue weighted by Gasteiger charge is 2.47. The molecule has 1 saturated heterocycles. The molecular weight excluding hydrogens is 266 g/mol. The Labute approximate surface area is 124 Å². The quantitative estimate of drug-likeness (QED) is 0.929. The zero-order valence-corrected chi connectivity index (χ0v) is 12.3. The lowest BCUT2D eigenvalue weighted by atomic mass is 9.97. The normalized spacial score (nSPS) is 28.2. The zero-order valence-electron chi connectivity index (χ0n) is 12.3. The summed E-state index contributed by atoms with van der Waals surface area (Å²) in [5.74, 6) is -0.645. The third kappa shape index (κ3) is 2.80. The van der Waals surface area contributed by atoms with Gasteiger partial charge in [0.1, 0.15) is 0 Å². The molecule has 0 aromatic heterocycles. The minimum Gasteiger partial charge on any atom is -0.481 e. The van der Waals surface area contributed by atoms with Crippen molar-refractivity contribution in [3.63, 3.8) is 0 Å². The number of carboxylic acids is 1. The molecule has 3 atom stereocenters. The Morgan fingerprint density at radius 1 is 1.29 bits per heavy atom. The second-order valence-corrected chi connectivity index (χ2v) is 6.27. The van der Waals surface area contributed by atoms with Crippen LogP contribution < -0.4 is 0 Å². The van der Waals surface area contributed by atoms with E-state index in [2.05, 4.69) is 19.1 Å². The molecular formula is C17H21NO3. The van der Waals surface area contributed by atoms with Crippen molar-refractivity contribution in [3.8, 4) is 0 Å². The topological polar surface area (TPSA) is 57.6 Å². The summed E-state index contributed by atoms with van der Waals surface area (Å²) in [6.45, 7) is 3.17. The minimum atomic E-state index is -0.779. The second-order valence-electron chi connectivity index (χ2n) is 6.27. The minimum absolute atomic E-state index is 0.0543. The highest BCUT2D eigenvalue weighted by molar-refractivity contribution is 5.84. The molecule has 1 aromatic carbocycles. The average molecular weight is 287 g/mol. The molecule has 4 nitrogen and oxygen atoms in total. The molecule has 1 saturated carbocycles. The predicted molar refractivity (Wildman–Crippen MR) is 79.0 cm³/mol. The van der Waals surface area contributed by atoms with Crippen LogP contribution in [0.3, 0.4) is 0 Å². The van der Waals surface area contributed by atoms with Gasteiger partial charge in [0, 0.05) is 19.0 Å². The Balaban J connectivity index is 1.65. The number of aryl methyl sites for hydroxylation is 1. The summed E-state index contributed by atoms with van der Waals surface area (Å²) in [6, 6.07) is 8.21. The third-order valence-electron chi connectivity index (χ3n) is 4.78. The standard InChI is InChI=1S/C17H21NO3/c1-11-5-2-3-7-13(11)14-9-15(14)16(19)18-8-4-6-12(10-18)17(20)21/h2-3,5,7,12,14-15H,4,6,8-10H2,1H3,(H,20,21)/t12-,14+,15+/m1/s1. The smallest absolute Gasteiger partial charge is 0.308 e. The molecule has 4 heteroatoms. The van der Waals surface area contributed by atoms with E-state index in [0.29, 0.717) is 25.4 Å². The molecule has 1 aromatic rings. The lowest BCUT2D eigenvalue weighted by molar-refractivity contribution is -0.146. The van der Waals surface area contributed by atoms with Gasteiger partial charge in [-0.2, -0.15) is 0 Å². The lowest BCUT2D eigenvalue weighted by Crippen LogP contribution is -2.43. The fourth-order valence-electron chi connectivity index (χ4n) is 3.43. The van der Waals surface area contributed by atoms with Gasteiger partial charge in [-0.25, -0.2) is 0 Å². The van der Waals surface area contributed by atoms with Crippen LogP contribution in [-0.4, -0.2) is 35.0 Å². The van der Waals surface area contributed by atoms with Gasteiger partial charge in [-0.1, -0.05) is 24.3 Å². The Kier molecular flexibility index (Phi) is 3.70. The summed E-state index contributed by atoms with van der Waals surface area (Å²) < 4.78 is 0. The van der Waals surface area contributed by atoms with E-state index in [-0.39, 0.29) is 11.8 Å². The maximum Gasteiger partial charge on any atom is 0.308 e. The van der Waals surface area contributed by atoms with E-state index >= 15 is 0 Å². The molecule has 1 aliphatic heterocycles. The molecule has 0 unspecified atom stereocenters. The van der Waals surface area contributed by atoms with Gasteiger partial charge in [-0.3, -0.25) is 9.59 Å². The van der Waals surface area contributed by atoms with E-state index in [0.717, 1.165) is 12.8 Å². The van der Waals surface area contributed by atoms with Crippen LogP contribution in [0.2, 0.25) is 0 Å². The second kappa shape index (κ2) is 5.51. The van der Waals surface area contributed by atoms with E-state index in [1.165, 1.54) is 11.1 Å². The van der Waals surface area contributed by atoms with Crippen LogP contribution in [0, 0.1) is 18.8 Å². The summed E-state index contributed by atoms with van der Waals surface area (Å²) in [4.78, 5) is 25.4. The molecule has 2 aliphatic rings. The summed E-state index contributed by atoms with van der Waals surface area (Å²) >= 11 is 0. The van der Waals surface area contributed by atoms with Crippen molar-refractivity contribution >= 4 is 11.9 Å². The van der Waals surface area contributed by atoms with Crippen molar-refractivity contribution in [2.24, 2.45) is 11.8 Å². The first-order valence-corrected chi connectivity index (χ1v) is 7.65. The van der Waals surface area contributed by atoms with Gasteiger partial charge < -0.3 is 10.0 Å². The number of benzene rings is 1. The van der Waals surface area contributed by atoms with Crippen LogP contribution in [0.1, 0.15) is 36.3 Å². The van der Waals surface area contributed by atoms with Crippen LogP contribution in [-0.2, 0) is 9.59 Å². The molecule has 3 rings (SSSR count). The summed E-state index contributed by atoms with van der Waals surface area (Å²) in [7, 11) is 0. The number of hydrogen-bond acceptors (Lipinski definition) is 2. The summed E-state index contributed by atoms with van der Waals surface area (Å²) in [6.07, 6.45) is 2.38. The van der Waals surface area contributed by atoms with Crippen LogP contribution in [0.25, 0.3) is 0 Å². The van der Waals surface area contributed by atoms with E-state index in [1.807, 2.05) is 12.1 Å². The molecule has 0 bridgehead atoms. The van der Waals surface area contributed by atoms with Gasteiger partial charge in [-0.05, 0) is 43.2 Å². The molecule has 1 N–H and O–H groups in total. The van der Waals surface area contributed by atoms with Gasteiger partial charge in [0.25, 0.3) is 0 Å². The van der Waals surface area contributed by atoms with Crippen LogP contribution in [0.5, 0.6) is 0 Å². The number of nitrogens with zero attached hydrogens (tertiary/aromatic N) is 1. The number of piperidine rings is 1. The first kappa shape index (κ1) is 14.1.